The van der Waals surface area contributed by atoms with Crippen LogP contribution in [0.2, 0.25) is 0 Å². The molecule has 3 heteroatoms. The van der Waals surface area contributed by atoms with Crippen LogP contribution < -0.4 is 0 Å². The van der Waals surface area contributed by atoms with Crippen molar-refractivity contribution in [3.8, 4) is 0 Å². The van der Waals surface area contributed by atoms with Gasteiger partial charge < -0.3 is 9.47 Å². The van der Waals surface area contributed by atoms with Gasteiger partial charge in [0.25, 0.3) is 0 Å². The first kappa shape index (κ1) is 8.91. The van der Waals surface area contributed by atoms with Gasteiger partial charge in [-0.05, 0) is 6.08 Å². The normalized spacial score (nSPS) is 8.40. The van der Waals surface area contributed by atoms with Crippen molar-refractivity contribution in [2.24, 2.45) is 0 Å². The van der Waals surface area contributed by atoms with Gasteiger partial charge in [0.15, 0.2) is 12.6 Å². The molecule has 10 heavy (non-hydrogen) atoms. The lowest BCUT2D eigenvalue weighted by molar-refractivity contribution is -0.122. The Labute approximate surface area is 59.9 Å². The highest BCUT2D eigenvalue weighted by molar-refractivity contribution is 5.90. The maximum absolute atomic E-state index is 10.5. The van der Waals surface area contributed by atoms with Crippen LogP contribution in [0.3, 0.4) is 0 Å². The second-order valence-corrected chi connectivity index (χ2v) is 1.47. The van der Waals surface area contributed by atoms with Gasteiger partial charge in [-0.1, -0.05) is 13.2 Å². The zero-order valence-corrected chi connectivity index (χ0v) is 5.71. The molecule has 0 aromatic rings. The van der Waals surface area contributed by atoms with Crippen molar-refractivity contribution in [3.63, 3.8) is 0 Å². The van der Waals surface area contributed by atoms with Crippen molar-refractivity contribution in [3.05, 3.63) is 25.5 Å². The monoisotopic (exact) mass is 142 g/mol. The van der Waals surface area contributed by atoms with Crippen LogP contribution in [0.5, 0.6) is 0 Å². The third kappa shape index (κ3) is 5.05. The van der Waals surface area contributed by atoms with Crippen molar-refractivity contribution in [1.29, 1.82) is 0 Å². The topological polar surface area (TPSA) is 35.5 Å². The first-order valence-corrected chi connectivity index (χ1v) is 2.76. The highest BCUT2D eigenvalue weighted by Crippen LogP contribution is 1.80. The summed E-state index contributed by atoms with van der Waals surface area (Å²) in [5.41, 5.74) is 0. The molecule has 0 bridgehead atoms. The third-order valence-corrected chi connectivity index (χ3v) is 0.741. The lowest BCUT2D eigenvalue weighted by Crippen LogP contribution is -2.06. The van der Waals surface area contributed by atoms with Crippen molar-refractivity contribution in [1.82, 2.24) is 0 Å². The van der Waals surface area contributed by atoms with Gasteiger partial charge in [-0.15, -0.1) is 0 Å². The fraction of sp³-hybridized carbons (Fsp3) is 0.286. The highest BCUT2D eigenvalue weighted by atomic mass is 16.7. The van der Waals surface area contributed by atoms with E-state index in [1.54, 1.807) is 0 Å². The molecule has 0 atom stereocenters. The van der Waals surface area contributed by atoms with Crippen LogP contribution in [0.15, 0.2) is 25.5 Å². The molecule has 0 heterocycles. The molecule has 0 saturated carbocycles. The summed E-state index contributed by atoms with van der Waals surface area (Å²) in [4.78, 5) is 10.5. The van der Waals surface area contributed by atoms with Crippen LogP contribution in [0, 0.1) is 0 Å². The van der Waals surface area contributed by atoms with Gasteiger partial charge in [0.2, 0.25) is 0 Å². The van der Waals surface area contributed by atoms with Crippen LogP contribution in [-0.4, -0.2) is 19.2 Å². The number of carbonyl (C=O) groups excluding carboxylic acids is 1. The maximum Gasteiger partial charge on any atom is 0.188 e. The number of rotatable bonds is 6. The Morgan fingerprint density at radius 3 is 2.70 bits per heavy atom. The van der Waals surface area contributed by atoms with Crippen LogP contribution >= 0.6 is 0 Å². The van der Waals surface area contributed by atoms with E-state index < -0.39 is 0 Å². The van der Waals surface area contributed by atoms with E-state index >= 15 is 0 Å². The lowest BCUT2D eigenvalue weighted by Gasteiger charge is -1.98. The molecule has 0 aromatic carbocycles. The number of ether oxygens (including phenoxy) is 2. The number of carbonyl (C=O) groups is 1. The quantitative estimate of drug-likeness (QED) is 0.239. The Bertz CT molecular complexity index is 129. The average molecular weight is 142 g/mol. The molecule has 0 amide bonds. The van der Waals surface area contributed by atoms with E-state index in [0.717, 1.165) is 0 Å². The smallest absolute Gasteiger partial charge is 0.188 e. The molecule has 0 fully saturated rings. The Hall–Kier alpha value is -1.09. The number of hydrogen-bond donors (Lipinski definition) is 0. The molecule has 0 aromatic heterocycles. The van der Waals surface area contributed by atoms with Crippen molar-refractivity contribution in [2.75, 3.05) is 13.4 Å². The van der Waals surface area contributed by atoms with Crippen LogP contribution in [0.4, 0.5) is 0 Å². The lowest BCUT2D eigenvalue weighted by atomic mass is 10.4. The molecular formula is C7H10O3. The highest BCUT2D eigenvalue weighted by Gasteiger charge is 1.92. The van der Waals surface area contributed by atoms with Gasteiger partial charge in [0.05, 0.1) is 6.26 Å². The first-order valence-electron chi connectivity index (χ1n) is 2.76. The Morgan fingerprint density at radius 1 is 1.50 bits per heavy atom. The van der Waals surface area contributed by atoms with E-state index in [1.165, 1.54) is 12.3 Å². The zero-order valence-electron chi connectivity index (χ0n) is 5.71. The largest absolute Gasteiger partial charge is 0.476 e. The SMILES string of the molecule is C=COCOCC(=O)C=C. The minimum absolute atomic E-state index is 0.0112. The van der Waals surface area contributed by atoms with E-state index in [0.29, 0.717) is 0 Å². The molecule has 56 valence electrons. The Balaban J connectivity index is 3.11. The van der Waals surface area contributed by atoms with Gasteiger partial charge >= 0.3 is 0 Å². The second-order valence-electron chi connectivity index (χ2n) is 1.47. The van der Waals surface area contributed by atoms with Gasteiger partial charge in [0, 0.05) is 0 Å². The van der Waals surface area contributed by atoms with Crippen LogP contribution in [-0.2, 0) is 14.3 Å². The molecule has 0 aliphatic heterocycles. The number of ketones is 1. The summed E-state index contributed by atoms with van der Waals surface area (Å²) in [7, 11) is 0. The van der Waals surface area contributed by atoms with Gasteiger partial charge in [-0.3, -0.25) is 4.79 Å². The van der Waals surface area contributed by atoms with E-state index in [9.17, 15) is 4.79 Å². The summed E-state index contributed by atoms with van der Waals surface area (Å²) in [5, 5.41) is 0. The first-order chi connectivity index (χ1) is 4.81. The molecule has 0 spiro atoms. The molecular weight excluding hydrogens is 132 g/mol. The zero-order chi connectivity index (χ0) is 7.82. The molecule has 3 nitrogen and oxygen atoms in total. The summed E-state index contributed by atoms with van der Waals surface area (Å²) in [6.07, 6.45) is 2.45. The molecule has 0 aliphatic rings. The molecule has 0 unspecified atom stereocenters. The van der Waals surface area contributed by atoms with Gasteiger partial charge in [-0.25, -0.2) is 0 Å². The van der Waals surface area contributed by atoms with Crippen LogP contribution in [0.1, 0.15) is 0 Å². The Kier molecular flexibility index (Phi) is 5.38. The Morgan fingerprint density at radius 2 is 2.20 bits per heavy atom. The van der Waals surface area contributed by atoms with Crippen LogP contribution in [0.25, 0.3) is 0 Å². The van der Waals surface area contributed by atoms with Gasteiger partial charge in [0.1, 0.15) is 6.61 Å². The summed E-state index contributed by atoms with van der Waals surface area (Å²) in [5.74, 6) is -0.160. The minimum atomic E-state index is -0.160. The van der Waals surface area contributed by atoms with Crippen molar-refractivity contribution in [2.45, 2.75) is 0 Å². The summed E-state index contributed by atoms with van der Waals surface area (Å²) < 4.78 is 9.30. The van der Waals surface area contributed by atoms with Crippen molar-refractivity contribution < 1.29 is 14.3 Å². The van der Waals surface area contributed by atoms with E-state index in [1.807, 2.05) is 0 Å². The maximum atomic E-state index is 10.5. The van der Waals surface area contributed by atoms with E-state index in [2.05, 4.69) is 17.9 Å². The average Bonchev–Trinajstić information content (AvgIpc) is 1.98. The van der Waals surface area contributed by atoms with E-state index in [-0.39, 0.29) is 19.2 Å². The standard InChI is InChI=1S/C7H10O3/c1-3-7(8)5-10-6-9-4-2/h3-4H,1-2,5-6H2. The molecule has 0 N–H and O–H groups in total. The molecule has 0 rings (SSSR count). The fourth-order valence-corrected chi connectivity index (χ4v) is 0.297. The molecule has 0 saturated heterocycles. The fourth-order valence-electron chi connectivity index (χ4n) is 0.297. The summed E-state index contributed by atoms with van der Waals surface area (Å²) in [6, 6.07) is 0. The third-order valence-electron chi connectivity index (χ3n) is 0.741. The van der Waals surface area contributed by atoms with Crippen molar-refractivity contribution >= 4 is 5.78 Å². The summed E-state index contributed by atoms with van der Waals surface area (Å²) in [6.45, 7) is 6.63. The number of hydrogen-bond acceptors (Lipinski definition) is 3. The minimum Gasteiger partial charge on any atom is -0.476 e. The van der Waals surface area contributed by atoms with Gasteiger partial charge in [-0.2, -0.15) is 0 Å². The summed E-state index contributed by atoms with van der Waals surface area (Å²) >= 11 is 0. The second kappa shape index (κ2) is 6.04. The predicted molar refractivity (Wildman–Crippen MR) is 37.3 cm³/mol. The van der Waals surface area contributed by atoms with E-state index in [4.69, 9.17) is 4.74 Å². The molecule has 0 radical (unpaired) electrons. The predicted octanol–water partition coefficient (Wildman–Crippen LogP) is 0.876. The molecule has 0 aliphatic carbocycles.